The van der Waals surface area contributed by atoms with Crippen molar-refractivity contribution >= 4 is 11.6 Å². The molecule has 1 aliphatic rings. The van der Waals surface area contributed by atoms with Crippen LogP contribution in [0.15, 0.2) is 48.5 Å². The third-order valence-corrected chi connectivity index (χ3v) is 5.63. The van der Waals surface area contributed by atoms with Crippen LogP contribution in [-0.4, -0.2) is 5.91 Å². The smallest absolute Gasteiger partial charge is 0.230 e. The highest BCUT2D eigenvalue weighted by molar-refractivity contribution is 5.96. The Kier molecular flexibility index (Phi) is 5.57. The lowest BCUT2D eigenvalue weighted by Gasteiger charge is -2.29. The van der Waals surface area contributed by atoms with Crippen molar-refractivity contribution in [1.82, 2.24) is 0 Å². The fourth-order valence-corrected chi connectivity index (χ4v) is 4.07. The normalized spacial score (nSPS) is 19.8. The minimum absolute atomic E-state index is 0.176. The fraction of sp³-hybridized carbons (Fsp3) is 0.435. The zero-order chi connectivity index (χ0) is 17.8. The predicted octanol–water partition coefficient (Wildman–Crippen LogP) is 5.66. The second kappa shape index (κ2) is 7.86. The van der Waals surface area contributed by atoms with Gasteiger partial charge in [0.2, 0.25) is 5.91 Å². The summed E-state index contributed by atoms with van der Waals surface area (Å²) in [5, 5.41) is 0. The molecule has 132 valence electrons. The highest BCUT2D eigenvalue weighted by Gasteiger charge is 2.35. The van der Waals surface area contributed by atoms with E-state index in [1.807, 2.05) is 17.0 Å². The Hall–Kier alpha value is -2.09. The van der Waals surface area contributed by atoms with Gasteiger partial charge in [-0.25, -0.2) is 0 Å². The number of carbonyl (C=O) groups is 1. The monoisotopic (exact) mass is 335 g/mol. The Morgan fingerprint density at radius 1 is 1.04 bits per heavy atom. The Bertz CT molecular complexity index is 719. The van der Waals surface area contributed by atoms with Gasteiger partial charge in [0.05, 0.1) is 6.54 Å². The van der Waals surface area contributed by atoms with Gasteiger partial charge in [0.1, 0.15) is 0 Å². The van der Waals surface area contributed by atoms with Crippen LogP contribution in [0.1, 0.15) is 49.3 Å². The molecular weight excluding hydrogens is 306 g/mol. The predicted molar refractivity (Wildman–Crippen MR) is 105 cm³/mol. The van der Waals surface area contributed by atoms with Crippen molar-refractivity contribution in [3.05, 3.63) is 65.2 Å². The van der Waals surface area contributed by atoms with Crippen LogP contribution < -0.4 is 4.90 Å². The maximum absolute atomic E-state index is 13.5. The first-order valence-electron chi connectivity index (χ1n) is 9.52. The number of rotatable bonds is 5. The van der Waals surface area contributed by atoms with Crippen molar-refractivity contribution in [2.45, 2.75) is 53.0 Å². The molecular formula is C23H29NO. The van der Waals surface area contributed by atoms with Crippen molar-refractivity contribution < 1.29 is 4.79 Å². The molecule has 0 heterocycles. The highest BCUT2D eigenvalue weighted by Crippen LogP contribution is 2.37. The van der Waals surface area contributed by atoms with Crippen LogP contribution in [0.4, 0.5) is 5.69 Å². The number of hydrogen-bond acceptors (Lipinski definition) is 1. The lowest BCUT2D eigenvalue weighted by Crippen LogP contribution is -2.37. The lowest BCUT2D eigenvalue weighted by molar-refractivity contribution is -0.123. The molecule has 2 unspecified atom stereocenters. The number of para-hydroxylation sites is 1. The van der Waals surface area contributed by atoms with Gasteiger partial charge in [-0.2, -0.15) is 0 Å². The molecule has 3 rings (SSSR count). The molecule has 0 bridgehead atoms. The molecule has 2 aromatic rings. The second-order valence-electron chi connectivity index (χ2n) is 7.40. The van der Waals surface area contributed by atoms with E-state index >= 15 is 0 Å². The molecule has 2 nitrogen and oxygen atoms in total. The number of nitrogens with zero attached hydrogens (tertiary/aromatic N) is 1. The topological polar surface area (TPSA) is 20.3 Å². The fourth-order valence-electron chi connectivity index (χ4n) is 4.07. The van der Waals surface area contributed by atoms with Gasteiger partial charge in [-0.15, -0.1) is 0 Å². The molecule has 1 fully saturated rings. The average molecular weight is 335 g/mol. The Morgan fingerprint density at radius 3 is 2.44 bits per heavy atom. The Morgan fingerprint density at radius 2 is 1.76 bits per heavy atom. The van der Waals surface area contributed by atoms with Crippen LogP contribution in [0.5, 0.6) is 0 Å². The zero-order valence-corrected chi connectivity index (χ0v) is 15.7. The summed E-state index contributed by atoms with van der Waals surface area (Å²) in [4.78, 5) is 15.5. The first-order valence-corrected chi connectivity index (χ1v) is 9.52. The SMILES string of the molecule is CCC1CCCC1C(=O)N(Cc1ccc(C)cc1)c1ccccc1C. The Balaban J connectivity index is 1.92. The van der Waals surface area contributed by atoms with E-state index in [1.165, 1.54) is 24.0 Å². The zero-order valence-electron chi connectivity index (χ0n) is 15.7. The van der Waals surface area contributed by atoms with Crippen molar-refractivity contribution in [3.8, 4) is 0 Å². The molecule has 2 atom stereocenters. The van der Waals surface area contributed by atoms with Crippen LogP contribution >= 0.6 is 0 Å². The number of aryl methyl sites for hydroxylation is 2. The quantitative estimate of drug-likeness (QED) is 0.690. The summed E-state index contributed by atoms with van der Waals surface area (Å²) in [7, 11) is 0. The lowest BCUT2D eigenvalue weighted by atomic mass is 9.91. The largest absolute Gasteiger partial charge is 0.307 e. The molecule has 25 heavy (non-hydrogen) atoms. The van der Waals surface area contributed by atoms with E-state index in [0.717, 1.165) is 24.1 Å². The van der Waals surface area contributed by atoms with Gasteiger partial charge in [0.15, 0.2) is 0 Å². The summed E-state index contributed by atoms with van der Waals surface area (Å²) >= 11 is 0. The maximum atomic E-state index is 13.5. The molecule has 0 aliphatic heterocycles. The van der Waals surface area contributed by atoms with Crippen LogP contribution in [0, 0.1) is 25.7 Å². The van der Waals surface area contributed by atoms with Gasteiger partial charge in [-0.1, -0.05) is 67.8 Å². The first-order chi connectivity index (χ1) is 12.1. The van der Waals surface area contributed by atoms with E-state index in [0.29, 0.717) is 18.4 Å². The van der Waals surface area contributed by atoms with Gasteiger partial charge >= 0.3 is 0 Å². The van der Waals surface area contributed by atoms with Crippen LogP contribution in [-0.2, 0) is 11.3 Å². The molecule has 0 aromatic heterocycles. The van der Waals surface area contributed by atoms with Gasteiger partial charge in [-0.3, -0.25) is 4.79 Å². The number of amides is 1. The van der Waals surface area contributed by atoms with Gasteiger partial charge < -0.3 is 4.90 Å². The third kappa shape index (κ3) is 3.95. The molecule has 0 spiro atoms. The molecule has 1 aliphatic carbocycles. The van der Waals surface area contributed by atoms with Crippen LogP contribution in [0.25, 0.3) is 0 Å². The average Bonchev–Trinajstić information content (AvgIpc) is 3.10. The summed E-state index contributed by atoms with van der Waals surface area (Å²) in [5.41, 5.74) is 4.65. The van der Waals surface area contributed by atoms with E-state index < -0.39 is 0 Å². The molecule has 0 radical (unpaired) electrons. The summed E-state index contributed by atoms with van der Waals surface area (Å²) in [6.07, 6.45) is 4.51. The van der Waals surface area contributed by atoms with Gasteiger partial charge in [0.25, 0.3) is 0 Å². The second-order valence-corrected chi connectivity index (χ2v) is 7.40. The van der Waals surface area contributed by atoms with Crippen molar-refractivity contribution in [2.24, 2.45) is 11.8 Å². The number of anilines is 1. The summed E-state index contributed by atoms with van der Waals surface area (Å²) in [6, 6.07) is 16.8. The minimum Gasteiger partial charge on any atom is -0.307 e. The highest BCUT2D eigenvalue weighted by atomic mass is 16.2. The van der Waals surface area contributed by atoms with Crippen molar-refractivity contribution in [1.29, 1.82) is 0 Å². The molecule has 0 N–H and O–H groups in total. The van der Waals surface area contributed by atoms with E-state index in [4.69, 9.17) is 0 Å². The molecule has 1 saturated carbocycles. The molecule has 1 amide bonds. The van der Waals surface area contributed by atoms with E-state index in [-0.39, 0.29) is 5.92 Å². The summed E-state index contributed by atoms with van der Waals surface area (Å²) < 4.78 is 0. The van der Waals surface area contributed by atoms with Crippen molar-refractivity contribution in [3.63, 3.8) is 0 Å². The molecule has 2 heteroatoms. The summed E-state index contributed by atoms with van der Waals surface area (Å²) in [5.74, 6) is 1.02. The van der Waals surface area contributed by atoms with Crippen molar-refractivity contribution in [2.75, 3.05) is 4.90 Å². The maximum Gasteiger partial charge on any atom is 0.230 e. The van der Waals surface area contributed by atoms with E-state index in [1.54, 1.807) is 0 Å². The summed E-state index contributed by atoms with van der Waals surface area (Å²) in [6.45, 7) is 7.06. The number of benzene rings is 2. The molecule has 0 saturated heterocycles. The minimum atomic E-state index is 0.176. The first kappa shape index (κ1) is 17.7. The van der Waals surface area contributed by atoms with E-state index in [2.05, 4.69) is 57.2 Å². The van der Waals surface area contributed by atoms with Crippen LogP contribution in [0.3, 0.4) is 0 Å². The van der Waals surface area contributed by atoms with Gasteiger partial charge in [-0.05, 0) is 49.8 Å². The third-order valence-electron chi connectivity index (χ3n) is 5.63. The number of carbonyl (C=O) groups excluding carboxylic acids is 1. The standard InChI is InChI=1S/C23H29NO/c1-4-20-9-7-10-21(20)23(25)24(22-11-6-5-8-18(22)3)16-19-14-12-17(2)13-15-19/h5-6,8,11-15,20-21H,4,7,9-10,16H2,1-3H3. The number of hydrogen-bond donors (Lipinski definition) is 0. The molecule has 2 aromatic carbocycles. The van der Waals surface area contributed by atoms with E-state index in [9.17, 15) is 4.79 Å². The van der Waals surface area contributed by atoms with Crippen LogP contribution in [0.2, 0.25) is 0 Å². The Labute approximate surface area is 151 Å². The van der Waals surface area contributed by atoms with Gasteiger partial charge in [0, 0.05) is 11.6 Å².